The SMILES string of the molecule is Cn1c(=O)n(C2CCC[N+](=O)C2=O)c2cccc(CI)c21. The molecule has 2 heterocycles. The summed E-state index contributed by atoms with van der Waals surface area (Å²) in [5.41, 5.74) is 2.38. The second kappa shape index (κ2) is 5.36. The van der Waals surface area contributed by atoms with Gasteiger partial charge in [0.05, 0.1) is 15.8 Å². The van der Waals surface area contributed by atoms with E-state index in [4.69, 9.17) is 0 Å². The molecule has 0 aliphatic carbocycles. The number of fused-ring (bicyclic) bond motifs is 1. The van der Waals surface area contributed by atoms with E-state index in [1.807, 2.05) is 18.2 Å². The van der Waals surface area contributed by atoms with Crippen LogP contribution in [-0.2, 0) is 16.3 Å². The van der Waals surface area contributed by atoms with E-state index < -0.39 is 11.9 Å². The van der Waals surface area contributed by atoms with Crippen LogP contribution >= 0.6 is 22.6 Å². The van der Waals surface area contributed by atoms with E-state index in [-0.39, 0.29) is 12.2 Å². The molecule has 1 aromatic heterocycles. The first-order chi connectivity index (χ1) is 10.1. The molecule has 21 heavy (non-hydrogen) atoms. The monoisotopic (exact) mass is 400 g/mol. The van der Waals surface area contributed by atoms with Crippen LogP contribution in [0.25, 0.3) is 11.0 Å². The quantitative estimate of drug-likeness (QED) is 0.440. The third-order valence-corrected chi connectivity index (χ3v) is 4.83. The molecule has 1 unspecified atom stereocenters. The minimum Gasteiger partial charge on any atom is -0.295 e. The number of aryl methyl sites for hydroxylation is 1. The second-order valence-corrected chi connectivity index (χ2v) is 5.99. The van der Waals surface area contributed by atoms with Crippen molar-refractivity contribution in [3.05, 3.63) is 39.2 Å². The number of benzene rings is 1. The van der Waals surface area contributed by atoms with Gasteiger partial charge in [-0.05, 0) is 18.1 Å². The smallest absolute Gasteiger partial charge is 0.295 e. The summed E-state index contributed by atoms with van der Waals surface area (Å²) in [7, 11) is 1.71. The molecule has 0 bridgehead atoms. The van der Waals surface area contributed by atoms with Crippen molar-refractivity contribution in [2.24, 2.45) is 7.05 Å². The molecule has 0 saturated carbocycles. The van der Waals surface area contributed by atoms with Crippen LogP contribution in [0.3, 0.4) is 0 Å². The maximum Gasteiger partial charge on any atom is 0.455 e. The standard InChI is InChI=1S/C14H15IN3O3/c1-16-12-9(8-15)4-2-5-10(12)18(14(16)20)11-6-3-7-17(21)13(11)19/h2,4-5,11H,3,6-8H2,1H3/q+1. The van der Waals surface area contributed by atoms with Gasteiger partial charge in [0.2, 0.25) is 6.54 Å². The van der Waals surface area contributed by atoms with Gasteiger partial charge in [0.15, 0.2) is 6.04 Å². The first-order valence-corrected chi connectivity index (χ1v) is 8.32. The molecule has 1 aliphatic rings. The number of nitroso groups, excluding NO2 is 1. The highest BCUT2D eigenvalue weighted by molar-refractivity contribution is 14.1. The maximum absolute atomic E-state index is 12.6. The van der Waals surface area contributed by atoms with Gasteiger partial charge < -0.3 is 0 Å². The van der Waals surface area contributed by atoms with Crippen LogP contribution < -0.4 is 5.69 Å². The van der Waals surface area contributed by atoms with Gasteiger partial charge in [-0.1, -0.05) is 34.7 Å². The number of piperidine rings is 1. The molecule has 0 N–H and O–H groups in total. The molecule has 1 aromatic carbocycles. The number of alkyl halides is 1. The van der Waals surface area contributed by atoms with Crippen molar-refractivity contribution < 1.29 is 9.55 Å². The van der Waals surface area contributed by atoms with E-state index in [1.54, 1.807) is 11.6 Å². The van der Waals surface area contributed by atoms with Crippen LogP contribution in [0, 0.1) is 4.91 Å². The molecule has 0 radical (unpaired) electrons. The molecule has 0 spiro atoms. The number of hydrogen-bond acceptors (Lipinski definition) is 3. The lowest BCUT2D eigenvalue weighted by atomic mass is 10.1. The summed E-state index contributed by atoms with van der Waals surface area (Å²) in [5.74, 6) is -0.518. The average Bonchev–Trinajstić information content (AvgIpc) is 2.74. The first-order valence-electron chi connectivity index (χ1n) is 6.79. The molecular weight excluding hydrogens is 385 g/mol. The Labute approximate surface area is 134 Å². The van der Waals surface area contributed by atoms with E-state index in [9.17, 15) is 14.5 Å². The van der Waals surface area contributed by atoms with Crippen molar-refractivity contribution in [2.45, 2.75) is 23.3 Å². The topological polar surface area (TPSA) is 64.1 Å². The Balaban J connectivity index is 2.29. The first kappa shape index (κ1) is 14.4. The van der Waals surface area contributed by atoms with Crippen LogP contribution in [0.5, 0.6) is 0 Å². The van der Waals surface area contributed by atoms with Gasteiger partial charge in [-0.25, -0.2) is 9.59 Å². The summed E-state index contributed by atoms with van der Waals surface area (Å²) in [4.78, 5) is 36.3. The molecule has 2 aromatic rings. The molecule has 1 aliphatic heterocycles. The summed E-state index contributed by atoms with van der Waals surface area (Å²) in [5, 5.41) is 0. The Kier molecular flexibility index (Phi) is 3.68. The van der Waals surface area contributed by atoms with Gasteiger partial charge in [0, 0.05) is 22.8 Å². The highest BCUT2D eigenvalue weighted by Crippen LogP contribution is 2.26. The van der Waals surface area contributed by atoms with Crippen LogP contribution in [0.4, 0.5) is 0 Å². The minimum absolute atomic E-state index is 0.216. The van der Waals surface area contributed by atoms with Gasteiger partial charge in [-0.2, -0.15) is 0 Å². The van der Waals surface area contributed by atoms with Crippen molar-refractivity contribution in [3.8, 4) is 0 Å². The van der Waals surface area contributed by atoms with E-state index >= 15 is 0 Å². The number of para-hydroxylation sites is 1. The molecule has 3 rings (SSSR count). The fourth-order valence-electron chi connectivity index (χ4n) is 3.00. The maximum atomic E-state index is 12.6. The lowest BCUT2D eigenvalue weighted by Crippen LogP contribution is -2.38. The van der Waals surface area contributed by atoms with Crippen LogP contribution in [0.15, 0.2) is 23.0 Å². The number of nitrogens with zero attached hydrogens (tertiary/aromatic N) is 3. The predicted molar refractivity (Wildman–Crippen MR) is 86.7 cm³/mol. The van der Waals surface area contributed by atoms with E-state index in [0.29, 0.717) is 17.6 Å². The number of amides is 1. The van der Waals surface area contributed by atoms with Crippen molar-refractivity contribution in [1.29, 1.82) is 0 Å². The molecule has 1 atom stereocenters. The Bertz CT molecular complexity index is 806. The van der Waals surface area contributed by atoms with E-state index in [2.05, 4.69) is 22.6 Å². The number of aromatic nitrogens is 2. The summed E-state index contributed by atoms with van der Waals surface area (Å²) < 4.78 is 4.30. The predicted octanol–water partition coefficient (Wildman–Crippen LogP) is 1.92. The van der Waals surface area contributed by atoms with Crippen LogP contribution in [-0.4, -0.2) is 26.3 Å². The zero-order chi connectivity index (χ0) is 15.1. The number of imidazole rings is 1. The van der Waals surface area contributed by atoms with E-state index in [0.717, 1.165) is 21.0 Å². The zero-order valence-electron chi connectivity index (χ0n) is 11.6. The normalized spacial score (nSPS) is 19.4. The van der Waals surface area contributed by atoms with Crippen molar-refractivity contribution in [3.63, 3.8) is 0 Å². The average molecular weight is 400 g/mol. The van der Waals surface area contributed by atoms with Crippen molar-refractivity contribution in [1.82, 2.24) is 9.13 Å². The Morgan fingerprint density at radius 3 is 2.86 bits per heavy atom. The van der Waals surface area contributed by atoms with E-state index in [1.165, 1.54) is 4.57 Å². The molecule has 6 nitrogen and oxygen atoms in total. The van der Waals surface area contributed by atoms with Gasteiger partial charge in [-0.15, -0.1) is 0 Å². The molecule has 7 heteroatoms. The van der Waals surface area contributed by atoms with Crippen molar-refractivity contribution in [2.75, 3.05) is 6.54 Å². The number of carbonyl (C=O) groups is 1. The van der Waals surface area contributed by atoms with Gasteiger partial charge in [0.1, 0.15) is 0 Å². The fraction of sp³-hybridized carbons (Fsp3) is 0.429. The van der Waals surface area contributed by atoms with Crippen LogP contribution in [0.1, 0.15) is 24.4 Å². The summed E-state index contributed by atoms with van der Waals surface area (Å²) >= 11 is 2.25. The third-order valence-electron chi connectivity index (χ3n) is 4.01. The highest BCUT2D eigenvalue weighted by atomic mass is 127. The Morgan fingerprint density at radius 1 is 1.38 bits per heavy atom. The molecule has 1 amide bonds. The Hall–Kier alpha value is -1.51. The van der Waals surface area contributed by atoms with Gasteiger partial charge >= 0.3 is 11.6 Å². The lowest BCUT2D eigenvalue weighted by Gasteiger charge is -2.15. The summed E-state index contributed by atoms with van der Waals surface area (Å²) in [6.45, 7) is 0.216. The molecule has 1 saturated heterocycles. The van der Waals surface area contributed by atoms with Gasteiger partial charge in [0.25, 0.3) is 0 Å². The molecular formula is C14H15IN3O3+. The number of rotatable bonds is 2. The largest absolute Gasteiger partial charge is 0.455 e. The van der Waals surface area contributed by atoms with Crippen molar-refractivity contribution >= 4 is 39.5 Å². The number of hydrogen-bond donors (Lipinski definition) is 0. The van der Waals surface area contributed by atoms with Gasteiger partial charge in [-0.3, -0.25) is 9.13 Å². The zero-order valence-corrected chi connectivity index (χ0v) is 13.7. The highest BCUT2D eigenvalue weighted by Gasteiger charge is 2.40. The third kappa shape index (κ3) is 2.14. The summed E-state index contributed by atoms with van der Waals surface area (Å²) in [6.07, 6.45) is 1.15. The molecule has 1 fully saturated rings. The van der Waals surface area contributed by atoms with Crippen LogP contribution in [0.2, 0.25) is 0 Å². The summed E-state index contributed by atoms with van der Waals surface area (Å²) in [6, 6.07) is 5.01. The minimum atomic E-state index is -0.683. The Morgan fingerprint density at radius 2 is 2.14 bits per heavy atom. The fourth-order valence-corrected chi connectivity index (χ4v) is 3.61. The molecule has 110 valence electrons. The number of carbonyl (C=O) groups excluding carboxylic acids is 1. The second-order valence-electron chi connectivity index (χ2n) is 5.23. The lowest BCUT2D eigenvalue weighted by molar-refractivity contribution is -0.480. The number of halogens is 1.